The van der Waals surface area contributed by atoms with Crippen LogP contribution in [0.1, 0.15) is 11.1 Å². The molecule has 0 saturated carbocycles. The third-order valence-corrected chi connectivity index (χ3v) is 5.90. The number of carbonyl (C=O) groups is 2. The quantitative estimate of drug-likeness (QED) is 0.676. The number of aryl methyl sites for hydroxylation is 1. The summed E-state index contributed by atoms with van der Waals surface area (Å²) in [5, 5.41) is 3.28. The molecule has 19 heavy (non-hydrogen) atoms. The van der Waals surface area contributed by atoms with Crippen molar-refractivity contribution in [2.75, 3.05) is 11.6 Å². The Balaban J connectivity index is 1.74. The number of thioether (sulfide) groups is 2. The highest BCUT2D eigenvalue weighted by Crippen LogP contribution is 2.33. The van der Waals surface area contributed by atoms with Crippen LogP contribution in [0, 0.1) is 0 Å². The van der Waals surface area contributed by atoms with Gasteiger partial charge >= 0.3 is 0 Å². The van der Waals surface area contributed by atoms with Gasteiger partial charge in [-0.2, -0.15) is 0 Å². The molecule has 2 heterocycles. The summed E-state index contributed by atoms with van der Waals surface area (Å²) in [4.78, 5) is 23.6. The molecule has 0 radical (unpaired) electrons. The van der Waals surface area contributed by atoms with E-state index in [0.717, 1.165) is 18.7 Å². The largest absolute Gasteiger partial charge is 0.297 e. The smallest absolute Gasteiger partial charge is 0.213 e. The topological polar surface area (TPSA) is 46.2 Å². The number of aldehydes is 1. The first-order chi connectivity index (χ1) is 9.28. The molecule has 0 aliphatic carbocycles. The Labute approximate surface area is 120 Å². The molecule has 100 valence electrons. The molecule has 2 unspecified atom stereocenters. The molecular weight excluding hydrogens is 278 g/mol. The number of rotatable bonds is 4. The molecule has 2 atom stereocenters. The molecule has 3 rings (SSSR count). The minimum Gasteiger partial charge on any atom is -0.297 e. The van der Waals surface area contributed by atoms with Crippen LogP contribution in [0.3, 0.4) is 0 Å². The maximum atomic E-state index is 11.6. The van der Waals surface area contributed by atoms with Gasteiger partial charge in [0.15, 0.2) is 6.29 Å². The van der Waals surface area contributed by atoms with E-state index >= 15 is 0 Å². The zero-order valence-corrected chi connectivity index (χ0v) is 12.1. The zero-order chi connectivity index (χ0) is 13.2. The van der Waals surface area contributed by atoms with Gasteiger partial charge in [0.25, 0.3) is 0 Å². The number of hydrogen-bond acceptors (Lipinski definition) is 5. The highest BCUT2D eigenvalue weighted by Gasteiger charge is 2.33. The van der Waals surface area contributed by atoms with Gasteiger partial charge in [0.05, 0.1) is 6.04 Å². The summed E-state index contributed by atoms with van der Waals surface area (Å²) in [6, 6.07) is 6.28. The maximum Gasteiger partial charge on any atom is 0.213 e. The van der Waals surface area contributed by atoms with Crippen LogP contribution in [0.2, 0.25) is 0 Å². The highest BCUT2D eigenvalue weighted by molar-refractivity contribution is 8.00. The van der Waals surface area contributed by atoms with Crippen molar-refractivity contribution in [2.24, 2.45) is 0 Å². The summed E-state index contributed by atoms with van der Waals surface area (Å²) < 4.78 is 0. The van der Waals surface area contributed by atoms with Crippen molar-refractivity contribution in [3.8, 4) is 0 Å². The Morgan fingerprint density at radius 2 is 2.37 bits per heavy atom. The first kappa shape index (κ1) is 13.2. The summed E-state index contributed by atoms with van der Waals surface area (Å²) in [5.74, 6) is 1.59. The van der Waals surface area contributed by atoms with Crippen molar-refractivity contribution in [1.29, 1.82) is 0 Å². The predicted molar refractivity (Wildman–Crippen MR) is 78.8 cm³/mol. The summed E-state index contributed by atoms with van der Waals surface area (Å²) in [6.07, 6.45) is 2.43. The fourth-order valence-electron chi connectivity index (χ4n) is 2.61. The zero-order valence-electron chi connectivity index (χ0n) is 10.4. The predicted octanol–water partition coefficient (Wildman–Crippen LogP) is 1.68. The third kappa shape index (κ3) is 2.73. The Kier molecular flexibility index (Phi) is 3.96. The van der Waals surface area contributed by atoms with Gasteiger partial charge in [0.2, 0.25) is 5.78 Å². The van der Waals surface area contributed by atoms with Gasteiger partial charge < -0.3 is 0 Å². The van der Waals surface area contributed by atoms with Gasteiger partial charge in [-0.25, -0.2) is 0 Å². The Bertz CT molecular complexity index is 518. The molecule has 0 bridgehead atoms. The van der Waals surface area contributed by atoms with Crippen LogP contribution in [0.4, 0.5) is 0 Å². The molecular formula is C14H15NO2S2. The molecule has 0 amide bonds. The lowest BCUT2D eigenvalue weighted by molar-refractivity contribution is -0.131. The van der Waals surface area contributed by atoms with Crippen molar-refractivity contribution >= 4 is 35.6 Å². The molecule has 1 N–H and O–H groups in total. The Hall–Kier alpha value is -0.780. The van der Waals surface area contributed by atoms with Gasteiger partial charge in [-0.1, -0.05) is 12.1 Å². The lowest BCUT2D eigenvalue weighted by Crippen LogP contribution is -2.39. The van der Waals surface area contributed by atoms with E-state index in [1.807, 2.05) is 11.8 Å². The molecule has 0 aromatic heterocycles. The number of Topliss-reactive ketones (excluding diaryl/α,β-unsaturated/α-hetero) is 1. The first-order valence-electron chi connectivity index (χ1n) is 6.36. The van der Waals surface area contributed by atoms with Gasteiger partial charge in [-0.3, -0.25) is 14.9 Å². The van der Waals surface area contributed by atoms with Crippen molar-refractivity contribution in [1.82, 2.24) is 5.32 Å². The second-order valence-electron chi connectivity index (χ2n) is 4.80. The number of ketones is 1. The molecule has 3 nitrogen and oxygen atoms in total. The minimum atomic E-state index is -0.327. The van der Waals surface area contributed by atoms with E-state index in [9.17, 15) is 9.59 Å². The van der Waals surface area contributed by atoms with E-state index in [-0.39, 0.29) is 17.1 Å². The third-order valence-electron chi connectivity index (χ3n) is 3.59. The maximum absolute atomic E-state index is 11.6. The van der Waals surface area contributed by atoms with Crippen molar-refractivity contribution in [3.05, 3.63) is 29.3 Å². The van der Waals surface area contributed by atoms with Crippen molar-refractivity contribution < 1.29 is 9.59 Å². The second kappa shape index (κ2) is 5.69. The number of nitrogens with one attached hydrogen (secondary N) is 1. The van der Waals surface area contributed by atoms with E-state index < -0.39 is 0 Å². The summed E-state index contributed by atoms with van der Waals surface area (Å²) >= 11 is 3.64. The summed E-state index contributed by atoms with van der Waals surface area (Å²) in [5.41, 5.74) is 2.70. The van der Waals surface area contributed by atoms with Crippen molar-refractivity contribution in [3.63, 3.8) is 0 Å². The van der Waals surface area contributed by atoms with E-state index in [2.05, 4.69) is 23.5 Å². The van der Waals surface area contributed by atoms with Crippen LogP contribution in [-0.4, -0.2) is 35.0 Å². The van der Waals surface area contributed by atoms with Crippen LogP contribution < -0.4 is 5.32 Å². The standard InChI is InChI=1S/C14H15NO2S2/c16-7-11(17)14-13(19-8-15-14)6-9-1-2-12-10(5-9)3-4-18-12/h1-2,5,7,13-15H,3-4,6,8H2. The van der Waals surface area contributed by atoms with E-state index in [4.69, 9.17) is 0 Å². The first-order valence-corrected chi connectivity index (χ1v) is 8.40. The normalized spacial score (nSPS) is 25.3. The SMILES string of the molecule is O=CC(=O)C1NCSC1Cc1ccc2c(c1)CCS2. The Morgan fingerprint density at radius 3 is 3.21 bits per heavy atom. The molecule has 0 spiro atoms. The lowest BCUT2D eigenvalue weighted by atomic mass is 10.00. The molecule has 2 aliphatic rings. The van der Waals surface area contributed by atoms with E-state index in [1.54, 1.807) is 11.8 Å². The fourth-order valence-corrected chi connectivity index (χ4v) is 4.88. The van der Waals surface area contributed by atoms with E-state index in [1.165, 1.54) is 21.8 Å². The lowest BCUT2D eigenvalue weighted by Gasteiger charge is -2.15. The van der Waals surface area contributed by atoms with Gasteiger partial charge in [-0.15, -0.1) is 23.5 Å². The van der Waals surface area contributed by atoms with Crippen molar-refractivity contribution in [2.45, 2.75) is 29.0 Å². The van der Waals surface area contributed by atoms with Gasteiger partial charge in [-0.05, 0) is 30.0 Å². The summed E-state index contributed by atoms with van der Waals surface area (Å²) in [7, 11) is 0. The average molecular weight is 293 g/mol. The van der Waals surface area contributed by atoms with Crippen LogP contribution in [-0.2, 0) is 22.4 Å². The molecule has 1 fully saturated rings. The monoisotopic (exact) mass is 293 g/mol. The summed E-state index contributed by atoms with van der Waals surface area (Å²) in [6.45, 7) is 0. The van der Waals surface area contributed by atoms with Gasteiger partial charge in [0.1, 0.15) is 0 Å². The van der Waals surface area contributed by atoms with E-state index in [0.29, 0.717) is 6.29 Å². The molecule has 2 aliphatic heterocycles. The van der Waals surface area contributed by atoms with Crippen LogP contribution in [0.15, 0.2) is 23.1 Å². The van der Waals surface area contributed by atoms with Crippen LogP contribution in [0.5, 0.6) is 0 Å². The molecule has 1 saturated heterocycles. The van der Waals surface area contributed by atoms with Crippen LogP contribution in [0.25, 0.3) is 0 Å². The second-order valence-corrected chi connectivity index (χ2v) is 7.16. The van der Waals surface area contributed by atoms with Gasteiger partial charge in [0, 0.05) is 21.8 Å². The molecule has 1 aromatic carbocycles. The minimum absolute atomic E-state index is 0.171. The van der Waals surface area contributed by atoms with Crippen LogP contribution >= 0.6 is 23.5 Å². The highest BCUT2D eigenvalue weighted by atomic mass is 32.2. The molecule has 1 aromatic rings. The molecule has 5 heteroatoms. The number of fused-ring (bicyclic) bond motifs is 1. The number of benzene rings is 1. The number of carbonyl (C=O) groups excluding carboxylic acids is 2. The average Bonchev–Trinajstić information content (AvgIpc) is 3.06. The number of hydrogen-bond donors (Lipinski definition) is 1. The fraction of sp³-hybridized carbons (Fsp3) is 0.429. The Morgan fingerprint density at radius 1 is 1.47 bits per heavy atom.